The highest BCUT2D eigenvalue weighted by Gasteiger charge is 2.15. The molecule has 21 heavy (non-hydrogen) atoms. The molecule has 2 aromatic rings. The molecule has 4 heteroatoms. The Morgan fingerprint density at radius 1 is 1.29 bits per heavy atom. The number of fused-ring (bicyclic) bond motifs is 1. The van der Waals surface area contributed by atoms with Crippen LogP contribution in [0.3, 0.4) is 0 Å². The van der Waals surface area contributed by atoms with E-state index in [2.05, 4.69) is 23.7 Å². The fourth-order valence-corrected chi connectivity index (χ4v) is 3.35. The minimum absolute atomic E-state index is 0.735. The third-order valence-electron chi connectivity index (χ3n) is 4.48. The number of anilines is 1. The monoisotopic (exact) mass is 287 g/mol. The van der Waals surface area contributed by atoms with Crippen LogP contribution in [0.5, 0.6) is 5.75 Å². The minimum Gasteiger partial charge on any atom is -0.490 e. The number of aromatic nitrogens is 1. The van der Waals surface area contributed by atoms with Gasteiger partial charge >= 0.3 is 0 Å². The van der Waals surface area contributed by atoms with Crippen LogP contribution < -0.4 is 10.5 Å². The summed E-state index contributed by atoms with van der Waals surface area (Å²) in [5, 5.41) is 1.13. The maximum Gasteiger partial charge on any atom is 0.143 e. The maximum atomic E-state index is 6.16. The van der Waals surface area contributed by atoms with Gasteiger partial charge in [-0.25, -0.2) is 0 Å². The number of rotatable bonds is 5. The molecule has 0 radical (unpaired) electrons. The number of hydrogen-bond acceptors (Lipinski definition) is 3. The van der Waals surface area contributed by atoms with E-state index in [0.717, 1.165) is 41.9 Å². The highest BCUT2D eigenvalue weighted by Crippen LogP contribution is 2.34. The van der Waals surface area contributed by atoms with Gasteiger partial charge in [-0.15, -0.1) is 0 Å². The zero-order chi connectivity index (χ0) is 14.8. The first-order valence-corrected chi connectivity index (χ1v) is 7.95. The lowest BCUT2D eigenvalue weighted by molar-refractivity contribution is 0.239. The van der Waals surface area contributed by atoms with Crippen molar-refractivity contribution in [2.24, 2.45) is 0 Å². The summed E-state index contributed by atoms with van der Waals surface area (Å²) in [7, 11) is 0. The summed E-state index contributed by atoms with van der Waals surface area (Å²) in [6.45, 7) is 8.43. The molecule has 1 fully saturated rings. The van der Waals surface area contributed by atoms with Gasteiger partial charge in [-0.2, -0.15) is 0 Å². The molecular formula is C17H25N3O. The second kappa shape index (κ2) is 5.98. The van der Waals surface area contributed by atoms with Crippen molar-refractivity contribution in [2.45, 2.75) is 33.1 Å². The van der Waals surface area contributed by atoms with Crippen LogP contribution in [-0.2, 0) is 6.42 Å². The first-order chi connectivity index (χ1) is 10.2. The molecule has 1 aliphatic rings. The Morgan fingerprint density at radius 2 is 2.05 bits per heavy atom. The SMILES string of the molecule is CCc1c(C)[nH]c2c(OCCN3CCCC3)ccc(N)c12. The Balaban J connectivity index is 1.80. The van der Waals surface area contributed by atoms with E-state index >= 15 is 0 Å². The highest BCUT2D eigenvalue weighted by molar-refractivity contribution is 5.98. The number of H-pyrrole nitrogens is 1. The molecule has 0 atom stereocenters. The van der Waals surface area contributed by atoms with E-state index in [4.69, 9.17) is 10.5 Å². The standard InChI is InChI=1S/C17H25N3O/c1-3-13-12(2)19-17-15(7-6-14(18)16(13)17)21-11-10-20-8-4-5-9-20/h6-7,19H,3-5,8-11,18H2,1-2H3. The van der Waals surface area contributed by atoms with Crippen molar-refractivity contribution in [3.05, 3.63) is 23.4 Å². The summed E-state index contributed by atoms with van der Waals surface area (Å²) in [6, 6.07) is 3.94. The van der Waals surface area contributed by atoms with Crippen LogP contribution in [0, 0.1) is 6.92 Å². The topological polar surface area (TPSA) is 54.3 Å². The molecule has 3 rings (SSSR count). The Morgan fingerprint density at radius 3 is 2.76 bits per heavy atom. The van der Waals surface area contributed by atoms with Gasteiger partial charge in [0.05, 0.1) is 5.52 Å². The molecule has 1 saturated heterocycles. The molecule has 0 amide bonds. The molecule has 2 heterocycles. The third-order valence-corrected chi connectivity index (χ3v) is 4.48. The van der Waals surface area contributed by atoms with Gasteiger partial charge in [0.1, 0.15) is 12.4 Å². The van der Waals surface area contributed by atoms with Crippen molar-refractivity contribution in [1.82, 2.24) is 9.88 Å². The van der Waals surface area contributed by atoms with E-state index in [-0.39, 0.29) is 0 Å². The largest absolute Gasteiger partial charge is 0.490 e. The lowest BCUT2D eigenvalue weighted by Crippen LogP contribution is -2.25. The van der Waals surface area contributed by atoms with Crippen molar-refractivity contribution >= 4 is 16.6 Å². The highest BCUT2D eigenvalue weighted by atomic mass is 16.5. The number of likely N-dealkylation sites (tertiary alicyclic amines) is 1. The minimum atomic E-state index is 0.735. The number of hydrogen-bond donors (Lipinski definition) is 2. The third kappa shape index (κ3) is 2.72. The second-order valence-electron chi connectivity index (χ2n) is 5.88. The molecule has 3 N–H and O–H groups in total. The zero-order valence-corrected chi connectivity index (χ0v) is 13.0. The molecule has 1 aromatic carbocycles. The van der Waals surface area contributed by atoms with Gasteiger partial charge in [0.25, 0.3) is 0 Å². The van der Waals surface area contributed by atoms with Crippen molar-refractivity contribution < 1.29 is 4.74 Å². The normalized spacial score (nSPS) is 15.9. The summed E-state index contributed by atoms with van der Waals surface area (Å²) in [4.78, 5) is 5.91. The average molecular weight is 287 g/mol. The number of aryl methyl sites for hydroxylation is 2. The van der Waals surface area contributed by atoms with Crippen LogP contribution in [0.2, 0.25) is 0 Å². The number of nitrogens with zero attached hydrogens (tertiary/aromatic N) is 1. The predicted molar refractivity (Wildman–Crippen MR) is 88.0 cm³/mol. The molecular weight excluding hydrogens is 262 g/mol. The summed E-state index contributed by atoms with van der Waals surface area (Å²) in [6.07, 6.45) is 3.62. The number of nitrogens with one attached hydrogen (secondary N) is 1. The molecule has 0 unspecified atom stereocenters. The van der Waals surface area contributed by atoms with Gasteiger partial charge in [-0.1, -0.05) is 6.92 Å². The fraction of sp³-hybridized carbons (Fsp3) is 0.529. The van der Waals surface area contributed by atoms with E-state index in [1.807, 2.05) is 12.1 Å². The van der Waals surface area contributed by atoms with E-state index in [9.17, 15) is 0 Å². The van der Waals surface area contributed by atoms with Crippen LogP contribution >= 0.6 is 0 Å². The number of aromatic amines is 1. The zero-order valence-electron chi connectivity index (χ0n) is 13.0. The summed E-state index contributed by atoms with van der Waals surface area (Å²) < 4.78 is 6.02. The first-order valence-electron chi connectivity index (χ1n) is 7.95. The number of benzene rings is 1. The fourth-order valence-electron chi connectivity index (χ4n) is 3.35. The van der Waals surface area contributed by atoms with Gasteiger partial charge in [0.2, 0.25) is 0 Å². The van der Waals surface area contributed by atoms with Crippen LogP contribution in [0.1, 0.15) is 31.0 Å². The van der Waals surface area contributed by atoms with Gasteiger partial charge < -0.3 is 15.5 Å². The number of ether oxygens (including phenoxy) is 1. The molecule has 1 aliphatic heterocycles. The molecule has 0 aliphatic carbocycles. The molecule has 0 saturated carbocycles. The molecule has 1 aromatic heterocycles. The second-order valence-corrected chi connectivity index (χ2v) is 5.88. The van der Waals surface area contributed by atoms with Crippen molar-refractivity contribution in [2.75, 3.05) is 32.0 Å². The van der Waals surface area contributed by atoms with Gasteiger partial charge in [0, 0.05) is 23.3 Å². The van der Waals surface area contributed by atoms with Gasteiger partial charge in [0.15, 0.2) is 0 Å². The Bertz CT molecular complexity index is 626. The Labute approximate surface area is 126 Å². The van der Waals surface area contributed by atoms with E-state index in [1.165, 1.54) is 37.2 Å². The van der Waals surface area contributed by atoms with E-state index < -0.39 is 0 Å². The Kier molecular flexibility index (Phi) is 4.06. The summed E-state index contributed by atoms with van der Waals surface area (Å²) in [5.41, 5.74) is 10.5. The molecule has 4 nitrogen and oxygen atoms in total. The predicted octanol–water partition coefficient (Wildman–Crippen LogP) is 3.10. The lowest BCUT2D eigenvalue weighted by atomic mass is 10.1. The van der Waals surface area contributed by atoms with Crippen LogP contribution in [-0.4, -0.2) is 36.1 Å². The van der Waals surface area contributed by atoms with Crippen molar-refractivity contribution in [3.63, 3.8) is 0 Å². The maximum absolute atomic E-state index is 6.16. The molecule has 114 valence electrons. The summed E-state index contributed by atoms with van der Waals surface area (Å²) in [5.74, 6) is 0.918. The smallest absolute Gasteiger partial charge is 0.143 e. The van der Waals surface area contributed by atoms with E-state index in [1.54, 1.807) is 0 Å². The van der Waals surface area contributed by atoms with Crippen LogP contribution in [0.15, 0.2) is 12.1 Å². The molecule has 0 bridgehead atoms. The molecule has 0 spiro atoms. The quantitative estimate of drug-likeness (QED) is 0.831. The number of nitrogens with two attached hydrogens (primary N) is 1. The average Bonchev–Trinajstić information content (AvgIpc) is 3.08. The lowest BCUT2D eigenvalue weighted by Gasteiger charge is -2.15. The van der Waals surface area contributed by atoms with Gasteiger partial charge in [-0.3, -0.25) is 4.90 Å². The first kappa shape index (κ1) is 14.3. The Hall–Kier alpha value is -1.68. The summed E-state index contributed by atoms with van der Waals surface area (Å²) >= 11 is 0. The van der Waals surface area contributed by atoms with Crippen LogP contribution in [0.25, 0.3) is 10.9 Å². The van der Waals surface area contributed by atoms with Crippen LogP contribution in [0.4, 0.5) is 5.69 Å². The van der Waals surface area contributed by atoms with Crippen molar-refractivity contribution in [3.8, 4) is 5.75 Å². The van der Waals surface area contributed by atoms with E-state index in [0.29, 0.717) is 0 Å². The number of nitrogen functional groups attached to an aromatic ring is 1. The van der Waals surface area contributed by atoms with Crippen molar-refractivity contribution in [1.29, 1.82) is 0 Å². The van der Waals surface area contributed by atoms with Gasteiger partial charge in [-0.05, 0) is 57.0 Å².